The van der Waals surface area contributed by atoms with Crippen LogP contribution >= 0.6 is 0 Å². The molecule has 1 amide bonds. The molecule has 0 saturated carbocycles. The zero-order valence-corrected chi connectivity index (χ0v) is 9.95. The van der Waals surface area contributed by atoms with Gasteiger partial charge in [0.05, 0.1) is 0 Å². The van der Waals surface area contributed by atoms with Gasteiger partial charge in [0.25, 0.3) is 0 Å². The summed E-state index contributed by atoms with van der Waals surface area (Å²) in [4.78, 5) is 13.6. The van der Waals surface area contributed by atoms with Gasteiger partial charge in [-0.15, -0.1) is 0 Å². The minimum atomic E-state index is -0.394. The number of rotatable bonds is 0. The molecule has 0 aromatic rings. The zero-order chi connectivity index (χ0) is 11.3. The van der Waals surface area contributed by atoms with E-state index in [-0.39, 0.29) is 6.09 Å². The maximum atomic E-state index is 11.8. The molecule has 15 heavy (non-hydrogen) atoms. The maximum absolute atomic E-state index is 11.8. The summed E-state index contributed by atoms with van der Waals surface area (Å²) < 4.78 is 5.34. The van der Waals surface area contributed by atoms with Crippen molar-refractivity contribution in [2.45, 2.75) is 45.6 Å². The fourth-order valence-electron chi connectivity index (χ4n) is 1.49. The van der Waals surface area contributed by atoms with Crippen LogP contribution in [0.3, 0.4) is 0 Å². The van der Waals surface area contributed by atoms with Gasteiger partial charge in [0, 0.05) is 13.1 Å². The number of ether oxygens (including phenoxy) is 1. The molecular weight excluding hydrogens is 190 g/mol. The summed E-state index contributed by atoms with van der Waals surface area (Å²) in [6.07, 6.45) is 7.15. The average molecular weight is 211 g/mol. The van der Waals surface area contributed by atoms with Gasteiger partial charge in [-0.05, 0) is 40.0 Å². The Bertz CT molecular complexity index is 240. The van der Waals surface area contributed by atoms with E-state index in [0.29, 0.717) is 0 Å². The molecule has 0 atom stereocenters. The molecule has 1 heterocycles. The first-order valence-corrected chi connectivity index (χ1v) is 5.62. The van der Waals surface area contributed by atoms with Crippen LogP contribution < -0.4 is 0 Å². The highest BCUT2D eigenvalue weighted by Crippen LogP contribution is 2.12. The Morgan fingerprint density at radius 3 is 2.53 bits per heavy atom. The third-order valence-corrected chi connectivity index (χ3v) is 2.18. The molecule has 1 rings (SSSR count). The largest absolute Gasteiger partial charge is 0.444 e. The molecular formula is C12H21NO2. The maximum Gasteiger partial charge on any atom is 0.410 e. The monoisotopic (exact) mass is 211 g/mol. The number of allylic oxidation sites excluding steroid dienone is 1. The van der Waals surface area contributed by atoms with E-state index < -0.39 is 5.60 Å². The van der Waals surface area contributed by atoms with Gasteiger partial charge in [0.1, 0.15) is 5.60 Å². The second kappa shape index (κ2) is 5.19. The lowest BCUT2D eigenvalue weighted by atomic mass is 10.2. The zero-order valence-electron chi connectivity index (χ0n) is 9.95. The first kappa shape index (κ1) is 12.1. The molecule has 3 nitrogen and oxygen atoms in total. The predicted molar refractivity (Wildman–Crippen MR) is 60.8 cm³/mol. The van der Waals surface area contributed by atoms with Crippen LogP contribution in [-0.4, -0.2) is 29.7 Å². The Balaban J connectivity index is 2.47. The van der Waals surface area contributed by atoms with Crippen molar-refractivity contribution in [3.63, 3.8) is 0 Å². The Hall–Kier alpha value is -0.990. The molecule has 0 saturated heterocycles. The van der Waals surface area contributed by atoms with Crippen molar-refractivity contribution < 1.29 is 9.53 Å². The van der Waals surface area contributed by atoms with Crippen molar-refractivity contribution in [2.75, 3.05) is 13.1 Å². The first-order valence-electron chi connectivity index (χ1n) is 5.62. The van der Waals surface area contributed by atoms with Crippen molar-refractivity contribution in [3.05, 3.63) is 12.2 Å². The molecule has 0 bridgehead atoms. The van der Waals surface area contributed by atoms with Gasteiger partial charge in [-0.25, -0.2) is 4.79 Å². The predicted octanol–water partition coefficient (Wildman–Crippen LogP) is 2.96. The normalized spacial score (nSPS) is 18.2. The first-order chi connectivity index (χ1) is 6.99. The molecule has 3 heteroatoms. The highest BCUT2D eigenvalue weighted by Gasteiger charge is 2.21. The summed E-state index contributed by atoms with van der Waals surface area (Å²) >= 11 is 0. The molecule has 0 N–H and O–H groups in total. The molecule has 1 aliphatic heterocycles. The fourth-order valence-corrected chi connectivity index (χ4v) is 1.49. The van der Waals surface area contributed by atoms with E-state index in [9.17, 15) is 4.79 Å². The molecule has 0 fully saturated rings. The van der Waals surface area contributed by atoms with Crippen LogP contribution in [0, 0.1) is 0 Å². The van der Waals surface area contributed by atoms with Crippen LogP contribution in [-0.2, 0) is 4.74 Å². The second-order valence-electron chi connectivity index (χ2n) is 4.87. The molecule has 0 radical (unpaired) electrons. The van der Waals surface area contributed by atoms with Crippen LogP contribution in [0.2, 0.25) is 0 Å². The van der Waals surface area contributed by atoms with Gasteiger partial charge < -0.3 is 9.64 Å². The molecule has 0 aromatic heterocycles. The van der Waals surface area contributed by atoms with Crippen molar-refractivity contribution in [1.29, 1.82) is 0 Å². The fraction of sp³-hybridized carbons (Fsp3) is 0.750. The van der Waals surface area contributed by atoms with Crippen LogP contribution in [0.25, 0.3) is 0 Å². The number of hydrogen-bond donors (Lipinski definition) is 0. The summed E-state index contributed by atoms with van der Waals surface area (Å²) in [7, 11) is 0. The number of nitrogens with zero attached hydrogens (tertiary/aromatic N) is 1. The van der Waals surface area contributed by atoms with Gasteiger partial charge in [-0.1, -0.05) is 12.2 Å². The topological polar surface area (TPSA) is 29.5 Å². The van der Waals surface area contributed by atoms with Crippen LogP contribution in [0.15, 0.2) is 12.2 Å². The Labute approximate surface area is 92.1 Å². The quantitative estimate of drug-likeness (QED) is 0.576. The number of carbonyl (C=O) groups excluding carboxylic acids is 1. The van der Waals surface area contributed by atoms with E-state index in [2.05, 4.69) is 12.2 Å². The summed E-state index contributed by atoms with van der Waals surface area (Å²) in [6.45, 7) is 7.27. The van der Waals surface area contributed by atoms with Gasteiger partial charge in [0.2, 0.25) is 0 Å². The van der Waals surface area contributed by atoms with Crippen molar-refractivity contribution in [2.24, 2.45) is 0 Å². The minimum Gasteiger partial charge on any atom is -0.444 e. The second-order valence-corrected chi connectivity index (χ2v) is 4.87. The number of hydrogen-bond acceptors (Lipinski definition) is 2. The lowest BCUT2D eigenvalue weighted by Crippen LogP contribution is -2.38. The SMILES string of the molecule is CC(C)(C)OC(=O)N1CCC=CCCC1. The molecule has 0 aliphatic carbocycles. The molecule has 86 valence electrons. The number of amides is 1. The standard InChI is InChI=1S/C12H21NO2/c1-12(2,3)15-11(14)13-9-7-5-4-6-8-10-13/h4-5H,6-10H2,1-3H3. The Morgan fingerprint density at radius 1 is 1.20 bits per heavy atom. The summed E-state index contributed by atoms with van der Waals surface area (Å²) in [6, 6.07) is 0. The van der Waals surface area contributed by atoms with Crippen LogP contribution in [0.4, 0.5) is 4.79 Å². The highest BCUT2D eigenvalue weighted by atomic mass is 16.6. The lowest BCUT2D eigenvalue weighted by molar-refractivity contribution is 0.0250. The summed E-state index contributed by atoms with van der Waals surface area (Å²) in [5.41, 5.74) is -0.394. The highest BCUT2D eigenvalue weighted by molar-refractivity contribution is 5.68. The van der Waals surface area contributed by atoms with Gasteiger partial charge >= 0.3 is 6.09 Å². The van der Waals surface area contributed by atoms with E-state index in [4.69, 9.17) is 4.74 Å². The van der Waals surface area contributed by atoms with Gasteiger partial charge in [0.15, 0.2) is 0 Å². The average Bonchev–Trinajstić information content (AvgIpc) is 1.98. The van der Waals surface area contributed by atoms with E-state index in [1.807, 2.05) is 20.8 Å². The van der Waals surface area contributed by atoms with Crippen LogP contribution in [0.1, 0.15) is 40.0 Å². The Kier molecular flexibility index (Phi) is 4.18. The Morgan fingerprint density at radius 2 is 1.87 bits per heavy atom. The van der Waals surface area contributed by atoms with Crippen molar-refractivity contribution in [3.8, 4) is 0 Å². The minimum absolute atomic E-state index is 0.183. The summed E-state index contributed by atoms with van der Waals surface area (Å²) in [5, 5.41) is 0. The molecule has 1 aliphatic rings. The lowest BCUT2D eigenvalue weighted by Gasteiger charge is -2.27. The van der Waals surface area contributed by atoms with E-state index in [1.54, 1.807) is 4.90 Å². The van der Waals surface area contributed by atoms with E-state index in [1.165, 1.54) is 0 Å². The van der Waals surface area contributed by atoms with Crippen LogP contribution in [0.5, 0.6) is 0 Å². The smallest absolute Gasteiger partial charge is 0.410 e. The molecule has 0 unspecified atom stereocenters. The molecule has 0 aromatic carbocycles. The van der Waals surface area contributed by atoms with E-state index in [0.717, 1.165) is 32.4 Å². The summed E-state index contributed by atoms with van der Waals surface area (Å²) in [5.74, 6) is 0. The number of carbonyl (C=O) groups is 1. The van der Waals surface area contributed by atoms with Gasteiger partial charge in [-0.2, -0.15) is 0 Å². The third-order valence-electron chi connectivity index (χ3n) is 2.18. The molecule has 0 spiro atoms. The van der Waals surface area contributed by atoms with E-state index >= 15 is 0 Å². The third kappa shape index (κ3) is 4.86. The van der Waals surface area contributed by atoms with Crippen molar-refractivity contribution >= 4 is 6.09 Å². The van der Waals surface area contributed by atoms with Crippen molar-refractivity contribution in [1.82, 2.24) is 4.90 Å². The van der Waals surface area contributed by atoms with Gasteiger partial charge in [-0.3, -0.25) is 0 Å².